The van der Waals surface area contributed by atoms with Gasteiger partial charge in [-0.05, 0) is 37.6 Å². The third kappa shape index (κ3) is 2.25. The van der Waals surface area contributed by atoms with Gasteiger partial charge in [-0.1, -0.05) is 12.1 Å². The summed E-state index contributed by atoms with van der Waals surface area (Å²) in [5.41, 5.74) is 8.47. The Kier molecular flexibility index (Phi) is 3.32. The lowest BCUT2D eigenvalue weighted by Gasteiger charge is -2.04. The van der Waals surface area contributed by atoms with Gasteiger partial charge in [0.15, 0.2) is 0 Å². The largest absolute Gasteiger partial charge is 0.494 e. The van der Waals surface area contributed by atoms with Crippen LogP contribution in [-0.2, 0) is 6.42 Å². The SMILES string of the molecule is CCOc1ccc(-c2noc(N)c2CC)cc1. The minimum atomic E-state index is 0.399. The van der Waals surface area contributed by atoms with Crippen LogP contribution in [0.4, 0.5) is 5.88 Å². The lowest BCUT2D eigenvalue weighted by molar-refractivity contribution is 0.340. The fraction of sp³-hybridized carbons (Fsp3) is 0.308. The third-order valence-electron chi connectivity index (χ3n) is 2.61. The van der Waals surface area contributed by atoms with Crippen LogP contribution in [0.25, 0.3) is 11.3 Å². The molecular formula is C13H16N2O2. The molecule has 2 N–H and O–H groups in total. The van der Waals surface area contributed by atoms with E-state index < -0.39 is 0 Å². The number of nitrogen functional groups attached to an aromatic ring is 1. The summed E-state index contributed by atoms with van der Waals surface area (Å²) in [5, 5.41) is 3.99. The molecule has 4 nitrogen and oxygen atoms in total. The highest BCUT2D eigenvalue weighted by atomic mass is 16.5. The predicted octanol–water partition coefficient (Wildman–Crippen LogP) is 2.88. The first-order valence-electron chi connectivity index (χ1n) is 5.73. The van der Waals surface area contributed by atoms with Crippen LogP contribution in [0.1, 0.15) is 19.4 Å². The standard InChI is InChI=1S/C13H16N2O2/c1-3-11-12(15-17-13(11)14)9-5-7-10(8-6-9)16-4-2/h5-8H,3-4,14H2,1-2H3. The summed E-state index contributed by atoms with van der Waals surface area (Å²) >= 11 is 0. The normalized spacial score (nSPS) is 10.5. The Morgan fingerprint density at radius 3 is 2.53 bits per heavy atom. The van der Waals surface area contributed by atoms with Crippen LogP contribution in [0, 0.1) is 0 Å². The maximum Gasteiger partial charge on any atom is 0.225 e. The van der Waals surface area contributed by atoms with Crippen molar-refractivity contribution in [3.8, 4) is 17.0 Å². The molecule has 0 spiro atoms. The van der Waals surface area contributed by atoms with Gasteiger partial charge in [-0.25, -0.2) is 0 Å². The molecule has 0 aliphatic heterocycles. The number of ether oxygens (including phenoxy) is 1. The molecule has 4 heteroatoms. The molecule has 0 saturated carbocycles. The average molecular weight is 232 g/mol. The highest BCUT2D eigenvalue weighted by Gasteiger charge is 2.13. The zero-order valence-electron chi connectivity index (χ0n) is 10.1. The van der Waals surface area contributed by atoms with Crippen molar-refractivity contribution in [3.05, 3.63) is 29.8 Å². The molecule has 2 aromatic rings. The smallest absolute Gasteiger partial charge is 0.225 e. The van der Waals surface area contributed by atoms with Gasteiger partial charge < -0.3 is 15.0 Å². The Hall–Kier alpha value is -1.97. The summed E-state index contributed by atoms with van der Waals surface area (Å²) in [6.45, 7) is 4.65. The van der Waals surface area contributed by atoms with Gasteiger partial charge in [0.05, 0.1) is 6.61 Å². The van der Waals surface area contributed by atoms with Crippen LogP contribution in [0.3, 0.4) is 0 Å². The van der Waals surface area contributed by atoms with Gasteiger partial charge in [0, 0.05) is 11.1 Å². The summed E-state index contributed by atoms with van der Waals surface area (Å²) in [7, 11) is 0. The van der Waals surface area contributed by atoms with Gasteiger partial charge in [-0.2, -0.15) is 0 Å². The van der Waals surface area contributed by atoms with Crippen molar-refractivity contribution < 1.29 is 9.26 Å². The van der Waals surface area contributed by atoms with E-state index >= 15 is 0 Å². The van der Waals surface area contributed by atoms with Gasteiger partial charge >= 0.3 is 0 Å². The number of aromatic nitrogens is 1. The van der Waals surface area contributed by atoms with Crippen LogP contribution in [0.2, 0.25) is 0 Å². The molecule has 1 heterocycles. The molecule has 0 bridgehead atoms. The number of hydrogen-bond donors (Lipinski definition) is 1. The molecule has 1 aromatic heterocycles. The first-order valence-corrected chi connectivity index (χ1v) is 5.73. The van der Waals surface area contributed by atoms with Crippen LogP contribution in [0.5, 0.6) is 5.75 Å². The molecule has 0 amide bonds. The molecule has 17 heavy (non-hydrogen) atoms. The molecule has 0 atom stereocenters. The summed E-state index contributed by atoms with van der Waals surface area (Å²) < 4.78 is 10.4. The van der Waals surface area contributed by atoms with Crippen molar-refractivity contribution in [1.82, 2.24) is 5.16 Å². The van der Waals surface area contributed by atoms with Crippen molar-refractivity contribution in [2.45, 2.75) is 20.3 Å². The lowest BCUT2D eigenvalue weighted by atomic mass is 10.1. The number of nitrogens with two attached hydrogens (primary N) is 1. The topological polar surface area (TPSA) is 61.3 Å². The monoisotopic (exact) mass is 232 g/mol. The molecule has 0 saturated heterocycles. The number of nitrogens with zero attached hydrogens (tertiary/aromatic N) is 1. The number of anilines is 1. The lowest BCUT2D eigenvalue weighted by Crippen LogP contribution is -1.92. The second-order valence-electron chi connectivity index (χ2n) is 3.68. The molecular weight excluding hydrogens is 216 g/mol. The second kappa shape index (κ2) is 4.91. The van der Waals surface area contributed by atoms with Crippen LogP contribution in [-0.4, -0.2) is 11.8 Å². The van der Waals surface area contributed by atoms with E-state index in [9.17, 15) is 0 Å². The first kappa shape index (κ1) is 11.5. The Balaban J connectivity index is 2.33. The third-order valence-corrected chi connectivity index (χ3v) is 2.61. The van der Waals surface area contributed by atoms with E-state index in [1.807, 2.05) is 38.1 Å². The van der Waals surface area contributed by atoms with E-state index in [1.54, 1.807) is 0 Å². The molecule has 2 rings (SSSR count). The van der Waals surface area contributed by atoms with Crippen molar-refractivity contribution in [2.24, 2.45) is 0 Å². The highest BCUT2D eigenvalue weighted by molar-refractivity contribution is 5.67. The van der Waals surface area contributed by atoms with Crippen molar-refractivity contribution in [3.63, 3.8) is 0 Å². The Bertz CT molecular complexity index is 489. The fourth-order valence-electron chi connectivity index (χ4n) is 1.77. The minimum absolute atomic E-state index is 0.399. The maximum atomic E-state index is 5.71. The van der Waals surface area contributed by atoms with Crippen molar-refractivity contribution >= 4 is 5.88 Å². The average Bonchev–Trinajstić information content (AvgIpc) is 2.72. The molecule has 1 aromatic carbocycles. The van der Waals surface area contributed by atoms with E-state index in [0.717, 1.165) is 29.0 Å². The zero-order chi connectivity index (χ0) is 12.3. The quantitative estimate of drug-likeness (QED) is 0.880. The molecule has 0 radical (unpaired) electrons. The van der Waals surface area contributed by atoms with Crippen molar-refractivity contribution in [2.75, 3.05) is 12.3 Å². The number of benzene rings is 1. The predicted molar refractivity (Wildman–Crippen MR) is 66.9 cm³/mol. The first-order chi connectivity index (χ1) is 8.26. The van der Waals surface area contributed by atoms with Crippen LogP contribution >= 0.6 is 0 Å². The fourth-order valence-corrected chi connectivity index (χ4v) is 1.77. The molecule has 0 unspecified atom stereocenters. The molecule has 0 aliphatic carbocycles. The van der Waals surface area contributed by atoms with E-state index in [1.165, 1.54) is 0 Å². The van der Waals surface area contributed by atoms with E-state index in [-0.39, 0.29) is 0 Å². The molecule has 90 valence electrons. The maximum absolute atomic E-state index is 5.71. The van der Waals surface area contributed by atoms with Crippen LogP contribution in [0.15, 0.2) is 28.8 Å². The van der Waals surface area contributed by atoms with Gasteiger partial charge in [0.2, 0.25) is 5.88 Å². The Labute approximate surface area is 100 Å². The van der Waals surface area contributed by atoms with E-state index in [0.29, 0.717) is 12.5 Å². The zero-order valence-corrected chi connectivity index (χ0v) is 10.1. The summed E-state index contributed by atoms with van der Waals surface area (Å²) in [6, 6.07) is 7.76. The van der Waals surface area contributed by atoms with E-state index in [2.05, 4.69) is 5.16 Å². The minimum Gasteiger partial charge on any atom is -0.494 e. The van der Waals surface area contributed by atoms with Gasteiger partial charge in [0.1, 0.15) is 11.4 Å². The Morgan fingerprint density at radius 1 is 1.24 bits per heavy atom. The van der Waals surface area contributed by atoms with Crippen LogP contribution < -0.4 is 10.5 Å². The molecule has 0 aliphatic rings. The Morgan fingerprint density at radius 2 is 1.94 bits per heavy atom. The summed E-state index contributed by atoms with van der Waals surface area (Å²) in [6.07, 6.45) is 0.803. The number of hydrogen-bond acceptors (Lipinski definition) is 4. The van der Waals surface area contributed by atoms with Gasteiger partial charge in [-0.3, -0.25) is 0 Å². The van der Waals surface area contributed by atoms with E-state index in [4.69, 9.17) is 15.0 Å². The van der Waals surface area contributed by atoms with Gasteiger partial charge in [-0.15, -0.1) is 0 Å². The van der Waals surface area contributed by atoms with Gasteiger partial charge in [0.25, 0.3) is 0 Å². The second-order valence-corrected chi connectivity index (χ2v) is 3.68. The molecule has 0 fully saturated rings. The highest BCUT2D eigenvalue weighted by Crippen LogP contribution is 2.28. The summed E-state index contributed by atoms with van der Waals surface area (Å²) in [5.74, 6) is 1.25. The number of rotatable bonds is 4. The van der Waals surface area contributed by atoms with Crippen molar-refractivity contribution in [1.29, 1.82) is 0 Å². The summed E-state index contributed by atoms with van der Waals surface area (Å²) in [4.78, 5) is 0.